The van der Waals surface area contributed by atoms with E-state index in [2.05, 4.69) is 74.0 Å². The van der Waals surface area contributed by atoms with Crippen molar-refractivity contribution < 1.29 is 27.9 Å². The van der Waals surface area contributed by atoms with Gasteiger partial charge in [-0.2, -0.15) is 13.2 Å². The van der Waals surface area contributed by atoms with Crippen LogP contribution < -0.4 is 5.32 Å². The van der Waals surface area contributed by atoms with Gasteiger partial charge in [-0.15, -0.1) is 0 Å². The van der Waals surface area contributed by atoms with E-state index in [4.69, 9.17) is 9.90 Å². The van der Waals surface area contributed by atoms with E-state index in [-0.39, 0.29) is 11.3 Å². The minimum Gasteiger partial charge on any atom is -0.475 e. The summed E-state index contributed by atoms with van der Waals surface area (Å²) in [6.07, 6.45) is -2.57. The van der Waals surface area contributed by atoms with Crippen LogP contribution in [0.2, 0.25) is 0 Å². The Bertz CT molecular complexity index is 1050. The highest BCUT2D eigenvalue weighted by Gasteiger charge is 2.38. The molecule has 1 aliphatic rings. The number of nitrogens with one attached hydrogen (secondary N) is 1. The summed E-state index contributed by atoms with van der Waals surface area (Å²) in [5, 5.41) is 10.1. The number of halogens is 3. The van der Waals surface area contributed by atoms with Crippen molar-refractivity contribution in [2.75, 3.05) is 38.0 Å². The van der Waals surface area contributed by atoms with Gasteiger partial charge in [0, 0.05) is 30.9 Å². The van der Waals surface area contributed by atoms with Crippen molar-refractivity contribution in [3.8, 4) is 0 Å². The number of hydrogen-bond donors (Lipinski definition) is 2. The minimum absolute atomic E-state index is 0.0596. The van der Waals surface area contributed by atoms with Crippen molar-refractivity contribution in [2.45, 2.75) is 65.6 Å². The summed E-state index contributed by atoms with van der Waals surface area (Å²) in [5.41, 5.74) is 4.17. The first-order valence-corrected chi connectivity index (χ1v) is 13.4. The van der Waals surface area contributed by atoms with Gasteiger partial charge in [-0.1, -0.05) is 58.9 Å². The Kier molecular flexibility index (Phi) is 12.0. The first-order chi connectivity index (χ1) is 18.1. The Morgan fingerprint density at radius 3 is 1.95 bits per heavy atom. The van der Waals surface area contributed by atoms with E-state index >= 15 is 0 Å². The molecule has 0 bridgehead atoms. The molecule has 1 heterocycles. The van der Waals surface area contributed by atoms with E-state index in [0.29, 0.717) is 5.56 Å². The van der Waals surface area contributed by atoms with Crippen LogP contribution in [0.4, 0.5) is 18.9 Å². The zero-order valence-electron chi connectivity index (χ0n) is 23.6. The number of benzene rings is 2. The maximum atomic E-state index is 12.7. The number of aliphatic carboxylic acids is 1. The fourth-order valence-electron chi connectivity index (χ4n) is 4.12. The molecule has 1 fully saturated rings. The van der Waals surface area contributed by atoms with E-state index in [9.17, 15) is 18.0 Å². The number of rotatable bonds is 7. The maximum absolute atomic E-state index is 12.7. The second-order valence-electron chi connectivity index (χ2n) is 11.4. The van der Waals surface area contributed by atoms with Crippen molar-refractivity contribution >= 4 is 17.6 Å². The number of carbonyl (C=O) groups is 2. The second-order valence-corrected chi connectivity index (χ2v) is 11.4. The number of alkyl halides is 3. The SMILES string of the molecule is CC(C)CCN1CCCN(Cc2ccc(C(=O)Nc3ccc(C(C)(C)C)cc3)cc2)CC1.O=C(O)C(F)(F)F. The number of carboxylic acids is 1. The lowest BCUT2D eigenvalue weighted by molar-refractivity contribution is -0.192. The molecular weight excluding hydrogens is 507 g/mol. The van der Waals surface area contributed by atoms with Gasteiger partial charge in [0.05, 0.1) is 0 Å². The Morgan fingerprint density at radius 1 is 0.897 bits per heavy atom. The Balaban J connectivity index is 0.000000673. The molecule has 0 aliphatic carbocycles. The lowest BCUT2D eigenvalue weighted by Crippen LogP contribution is -2.31. The van der Waals surface area contributed by atoms with Crippen LogP contribution in [0.5, 0.6) is 0 Å². The van der Waals surface area contributed by atoms with Crippen LogP contribution in [0, 0.1) is 5.92 Å². The summed E-state index contributed by atoms with van der Waals surface area (Å²) in [6.45, 7) is 18.0. The molecule has 0 aromatic heterocycles. The van der Waals surface area contributed by atoms with Crippen molar-refractivity contribution in [3.05, 3.63) is 65.2 Å². The summed E-state index contributed by atoms with van der Waals surface area (Å²) < 4.78 is 31.7. The molecule has 0 atom stereocenters. The van der Waals surface area contributed by atoms with E-state index in [1.54, 1.807) is 0 Å². The molecule has 0 saturated carbocycles. The van der Waals surface area contributed by atoms with Gasteiger partial charge in [-0.3, -0.25) is 9.69 Å². The Hall–Kier alpha value is -2.91. The summed E-state index contributed by atoms with van der Waals surface area (Å²) >= 11 is 0. The third kappa shape index (κ3) is 11.8. The molecular formula is C30H42F3N3O3. The molecule has 9 heteroatoms. The molecule has 39 heavy (non-hydrogen) atoms. The maximum Gasteiger partial charge on any atom is 0.490 e. The van der Waals surface area contributed by atoms with Gasteiger partial charge in [0.2, 0.25) is 0 Å². The monoisotopic (exact) mass is 549 g/mol. The van der Waals surface area contributed by atoms with Gasteiger partial charge < -0.3 is 15.3 Å². The molecule has 1 aliphatic heterocycles. The Morgan fingerprint density at radius 2 is 1.44 bits per heavy atom. The smallest absolute Gasteiger partial charge is 0.475 e. The highest BCUT2D eigenvalue weighted by Crippen LogP contribution is 2.24. The number of hydrogen-bond acceptors (Lipinski definition) is 4. The fraction of sp³-hybridized carbons (Fsp3) is 0.533. The lowest BCUT2D eigenvalue weighted by atomic mass is 9.87. The van der Waals surface area contributed by atoms with Crippen LogP contribution in [0.1, 0.15) is 68.9 Å². The molecule has 0 radical (unpaired) electrons. The Labute approximate surface area is 230 Å². The third-order valence-electron chi connectivity index (χ3n) is 6.58. The molecule has 3 rings (SSSR count). The molecule has 2 N–H and O–H groups in total. The van der Waals surface area contributed by atoms with Gasteiger partial charge in [0.25, 0.3) is 5.91 Å². The summed E-state index contributed by atoms with van der Waals surface area (Å²) in [5.74, 6) is -2.05. The van der Waals surface area contributed by atoms with E-state index in [0.717, 1.165) is 37.8 Å². The van der Waals surface area contributed by atoms with Gasteiger partial charge in [-0.05, 0) is 79.2 Å². The molecule has 1 saturated heterocycles. The molecule has 2 aromatic carbocycles. The van der Waals surface area contributed by atoms with E-state index in [1.165, 1.54) is 37.1 Å². The van der Waals surface area contributed by atoms with Gasteiger partial charge in [0.1, 0.15) is 0 Å². The molecule has 0 unspecified atom stereocenters. The number of anilines is 1. The first kappa shape index (κ1) is 32.3. The van der Waals surface area contributed by atoms with Crippen molar-refractivity contribution in [1.29, 1.82) is 0 Å². The lowest BCUT2D eigenvalue weighted by Gasteiger charge is -2.22. The minimum atomic E-state index is -5.08. The van der Waals surface area contributed by atoms with Crippen molar-refractivity contribution in [3.63, 3.8) is 0 Å². The number of nitrogens with zero attached hydrogens (tertiary/aromatic N) is 2. The molecule has 2 aromatic rings. The summed E-state index contributed by atoms with van der Waals surface area (Å²) in [6, 6.07) is 16.2. The van der Waals surface area contributed by atoms with Crippen molar-refractivity contribution in [2.24, 2.45) is 5.92 Å². The van der Waals surface area contributed by atoms with Gasteiger partial charge >= 0.3 is 12.1 Å². The average Bonchev–Trinajstić information content (AvgIpc) is 3.08. The zero-order chi connectivity index (χ0) is 29.2. The summed E-state index contributed by atoms with van der Waals surface area (Å²) in [4.78, 5) is 26.7. The normalized spacial score (nSPS) is 15.3. The number of carbonyl (C=O) groups excluding carboxylic acids is 1. The van der Waals surface area contributed by atoms with Crippen molar-refractivity contribution in [1.82, 2.24) is 9.80 Å². The number of amides is 1. The standard InChI is InChI=1S/C28H41N3O.C2HF3O2/c1-22(2)15-18-30-16-6-17-31(20-19-30)21-23-7-9-24(10-8-23)27(32)29-26-13-11-25(12-14-26)28(3,4)5;3-2(4,5)1(6)7/h7-14,22H,6,15-21H2,1-5H3,(H,29,32);(H,6,7). The average molecular weight is 550 g/mol. The predicted molar refractivity (Wildman–Crippen MR) is 149 cm³/mol. The molecule has 6 nitrogen and oxygen atoms in total. The highest BCUT2D eigenvalue weighted by molar-refractivity contribution is 6.04. The first-order valence-electron chi connectivity index (χ1n) is 13.4. The number of carboxylic acid groups (broad SMARTS) is 1. The van der Waals surface area contributed by atoms with Gasteiger partial charge in [-0.25, -0.2) is 4.79 Å². The zero-order valence-corrected chi connectivity index (χ0v) is 23.6. The van der Waals surface area contributed by atoms with Crippen LogP contribution >= 0.6 is 0 Å². The van der Waals surface area contributed by atoms with Crippen LogP contribution in [0.25, 0.3) is 0 Å². The molecule has 0 spiro atoms. The van der Waals surface area contributed by atoms with Crippen LogP contribution in [0.3, 0.4) is 0 Å². The molecule has 216 valence electrons. The largest absolute Gasteiger partial charge is 0.490 e. The second kappa shape index (κ2) is 14.5. The quantitative estimate of drug-likeness (QED) is 0.417. The van der Waals surface area contributed by atoms with Crippen LogP contribution in [0.15, 0.2) is 48.5 Å². The van der Waals surface area contributed by atoms with Crippen LogP contribution in [-0.2, 0) is 16.8 Å². The van der Waals surface area contributed by atoms with Crippen LogP contribution in [-0.4, -0.2) is 65.7 Å². The third-order valence-corrected chi connectivity index (χ3v) is 6.58. The highest BCUT2D eigenvalue weighted by atomic mass is 19.4. The summed E-state index contributed by atoms with van der Waals surface area (Å²) in [7, 11) is 0. The van der Waals surface area contributed by atoms with Gasteiger partial charge in [0.15, 0.2) is 0 Å². The van der Waals surface area contributed by atoms with E-state index < -0.39 is 12.1 Å². The van der Waals surface area contributed by atoms with E-state index in [1.807, 2.05) is 24.3 Å². The predicted octanol–water partition coefficient (Wildman–Crippen LogP) is 6.42. The fourth-order valence-corrected chi connectivity index (χ4v) is 4.12. The molecule has 1 amide bonds. The topological polar surface area (TPSA) is 72.9 Å².